The summed E-state index contributed by atoms with van der Waals surface area (Å²) >= 11 is 6.20. The smallest absolute Gasteiger partial charge is 0.225 e. The van der Waals surface area contributed by atoms with E-state index in [4.69, 9.17) is 16.6 Å². The first-order chi connectivity index (χ1) is 15.2. The number of nitrogens with zero attached hydrogens (tertiary/aromatic N) is 5. The third-order valence-corrected chi connectivity index (χ3v) is 6.34. The van der Waals surface area contributed by atoms with E-state index < -0.39 is 0 Å². The van der Waals surface area contributed by atoms with Gasteiger partial charge in [-0.3, -0.25) is 9.89 Å². The molecule has 0 spiro atoms. The number of aromatic nitrogens is 2. The molecule has 7 nitrogen and oxygen atoms in total. The van der Waals surface area contributed by atoms with Crippen molar-refractivity contribution in [1.82, 2.24) is 25.5 Å². The maximum atomic E-state index is 6.20. The summed E-state index contributed by atoms with van der Waals surface area (Å²) in [7, 11) is 0. The molecule has 2 aliphatic rings. The molecular weight excluding hydrogens is 537 g/mol. The first-order valence-electron chi connectivity index (χ1n) is 11.2. The Balaban J connectivity index is 0.00000289. The van der Waals surface area contributed by atoms with E-state index in [2.05, 4.69) is 49.5 Å². The summed E-state index contributed by atoms with van der Waals surface area (Å²) in [6.07, 6.45) is 5.95. The highest BCUT2D eigenvalue weighted by atomic mass is 127. The van der Waals surface area contributed by atoms with E-state index in [-0.39, 0.29) is 29.4 Å². The number of guanidine groups is 1. The van der Waals surface area contributed by atoms with Gasteiger partial charge in [0.2, 0.25) is 5.95 Å². The molecule has 32 heavy (non-hydrogen) atoms. The Morgan fingerprint density at radius 3 is 2.50 bits per heavy atom. The average molecular weight is 570 g/mol. The van der Waals surface area contributed by atoms with E-state index in [1.807, 2.05) is 18.2 Å². The van der Waals surface area contributed by atoms with Crippen molar-refractivity contribution >= 4 is 47.5 Å². The van der Waals surface area contributed by atoms with Crippen LogP contribution in [0, 0.1) is 0 Å². The number of anilines is 1. The van der Waals surface area contributed by atoms with Crippen molar-refractivity contribution in [3.63, 3.8) is 0 Å². The van der Waals surface area contributed by atoms with Gasteiger partial charge in [0.25, 0.3) is 0 Å². The Bertz CT molecular complexity index is 868. The van der Waals surface area contributed by atoms with E-state index in [0.29, 0.717) is 0 Å². The highest BCUT2D eigenvalue weighted by Gasteiger charge is 2.44. The van der Waals surface area contributed by atoms with Crippen LogP contribution in [0.3, 0.4) is 0 Å². The number of piperazine rings is 1. The molecule has 174 valence electrons. The zero-order chi connectivity index (χ0) is 21.5. The molecule has 1 aromatic heterocycles. The maximum absolute atomic E-state index is 6.20. The molecule has 0 amide bonds. The number of halogens is 2. The second kappa shape index (κ2) is 12.0. The quantitative estimate of drug-likeness (QED) is 0.289. The van der Waals surface area contributed by atoms with E-state index in [1.165, 1.54) is 18.4 Å². The summed E-state index contributed by atoms with van der Waals surface area (Å²) in [5.41, 5.74) is 1.46. The molecule has 2 aromatic rings. The molecule has 1 aliphatic heterocycles. The standard InChI is InChI=1S/C23H32ClN7.HI/c1-2-25-21(29-18-23(7-8-23)19-5-3-6-20(24)17-19)26-11-12-30-13-15-31(16-14-30)22-27-9-4-10-28-22;/h3-6,9-10,17H,2,7-8,11-16,18H2,1H3,(H2,25,26,29);1H. The minimum atomic E-state index is 0. The van der Waals surface area contributed by atoms with Crippen LogP contribution >= 0.6 is 35.6 Å². The van der Waals surface area contributed by atoms with Crippen LogP contribution in [0.15, 0.2) is 47.7 Å². The molecular formula is C23H33ClIN7. The Morgan fingerprint density at radius 2 is 1.84 bits per heavy atom. The van der Waals surface area contributed by atoms with Crippen LogP contribution in [0.1, 0.15) is 25.3 Å². The van der Waals surface area contributed by atoms with Gasteiger partial charge >= 0.3 is 0 Å². The fraction of sp³-hybridized carbons (Fsp3) is 0.522. The van der Waals surface area contributed by atoms with E-state index in [1.54, 1.807) is 12.4 Å². The van der Waals surface area contributed by atoms with Gasteiger partial charge in [0.15, 0.2) is 5.96 Å². The molecule has 4 rings (SSSR count). The number of hydrogen-bond donors (Lipinski definition) is 2. The van der Waals surface area contributed by atoms with Crippen LogP contribution < -0.4 is 15.5 Å². The lowest BCUT2D eigenvalue weighted by Gasteiger charge is -2.34. The van der Waals surface area contributed by atoms with Crippen LogP contribution in [0.4, 0.5) is 5.95 Å². The Kier molecular flexibility index (Phi) is 9.36. The van der Waals surface area contributed by atoms with Crippen molar-refractivity contribution in [2.45, 2.75) is 25.2 Å². The summed E-state index contributed by atoms with van der Waals surface area (Å²) in [4.78, 5) is 18.3. The number of rotatable bonds is 8. The second-order valence-corrected chi connectivity index (χ2v) is 8.73. The molecule has 0 radical (unpaired) electrons. The van der Waals surface area contributed by atoms with Crippen molar-refractivity contribution in [2.75, 3.05) is 57.3 Å². The fourth-order valence-electron chi connectivity index (χ4n) is 4.04. The predicted molar refractivity (Wildman–Crippen MR) is 142 cm³/mol. The molecule has 1 saturated heterocycles. The van der Waals surface area contributed by atoms with Crippen molar-refractivity contribution in [1.29, 1.82) is 0 Å². The van der Waals surface area contributed by atoms with E-state index in [9.17, 15) is 0 Å². The highest BCUT2D eigenvalue weighted by Crippen LogP contribution is 2.48. The summed E-state index contributed by atoms with van der Waals surface area (Å²) in [5, 5.41) is 7.69. The minimum Gasteiger partial charge on any atom is -0.357 e. The summed E-state index contributed by atoms with van der Waals surface area (Å²) in [6.45, 7) is 9.57. The summed E-state index contributed by atoms with van der Waals surface area (Å²) in [6, 6.07) is 10.1. The Labute approximate surface area is 213 Å². The van der Waals surface area contributed by atoms with Crippen molar-refractivity contribution < 1.29 is 0 Å². The van der Waals surface area contributed by atoms with Gasteiger partial charge in [-0.1, -0.05) is 23.7 Å². The zero-order valence-corrected chi connectivity index (χ0v) is 21.7. The molecule has 0 bridgehead atoms. The SMILES string of the molecule is CCNC(=NCC1(c2cccc(Cl)c2)CC1)NCCN1CCN(c2ncccn2)CC1.I. The molecule has 1 saturated carbocycles. The molecule has 9 heteroatoms. The molecule has 0 atom stereocenters. The molecule has 2 heterocycles. The molecule has 1 aliphatic carbocycles. The maximum Gasteiger partial charge on any atom is 0.225 e. The van der Waals surface area contributed by atoms with Gasteiger partial charge in [0.1, 0.15) is 0 Å². The topological polar surface area (TPSA) is 68.7 Å². The molecule has 0 unspecified atom stereocenters. The number of aliphatic imine (C=N–C) groups is 1. The molecule has 2 N–H and O–H groups in total. The van der Waals surface area contributed by atoms with Crippen molar-refractivity contribution in [3.05, 3.63) is 53.3 Å². The van der Waals surface area contributed by atoms with E-state index in [0.717, 1.165) is 69.3 Å². The largest absolute Gasteiger partial charge is 0.357 e. The number of nitrogens with one attached hydrogen (secondary N) is 2. The Morgan fingerprint density at radius 1 is 1.09 bits per heavy atom. The summed E-state index contributed by atoms with van der Waals surface area (Å²) in [5.74, 6) is 1.72. The van der Waals surface area contributed by atoms with Gasteiger partial charge in [-0.15, -0.1) is 24.0 Å². The third-order valence-electron chi connectivity index (χ3n) is 6.10. The second-order valence-electron chi connectivity index (χ2n) is 8.29. The van der Waals surface area contributed by atoms with Gasteiger partial charge < -0.3 is 15.5 Å². The van der Waals surface area contributed by atoms with Gasteiger partial charge in [-0.2, -0.15) is 0 Å². The monoisotopic (exact) mass is 569 g/mol. The predicted octanol–water partition coefficient (Wildman–Crippen LogP) is 3.16. The van der Waals surface area contributed by atoms with Gasteiger partial charge in [-0.05, 0) is 43.5 Å². The van der Waals surface area contributed by atoms with Gasteiger partial charge in [0, 0.05) is 68.6 Å². The third kappa shape index (κ3) is 6.68. The van der Waals surface area contributed by atoms with Crippen LogP contribution in [0.2, 0.25) is 5.02 Å². The summed E-state index contributed by atoms with van der Waals surface area (Å²) < 4.78 is 0. The zero-order valence-electron chi connectivity index (χ0n) is 18.6. The minimum absolute atomic E-state index is 0. The van der Waals surface area contributed by atoms with Crippen LogP contribution in [0.5, 0.6) is 0 Å². The lowest BCUT2D eigenvalue weighted by molar-refractivity contribution is 0.260. The van der Waals surface area contributed by atoms with Crippen LogP contribution in [-0.2, 0) is 5.41 Å². The van der Waals surface area contributed by atoms with Gasteiger partial charge in [0.05, 0.1) is 6.54 Å². The van der Waals surface area contributed by atoms with Crippen molar-refractivity contribution in [2.24, 2.45) is 4.99 Å². The molecule has 2 fully saturated rings. The van der Waals surface area contributed by atoms with Crippen LogP contribution in [0.25, 0.3) is 0 Å². The average Bonchev–Trinajstić information content (AvgIpc) is 3.60. The number of hydrogen-bond acceptors (Lipinski definition) is 5. The highest BCUT2D eigenvalue weighted by molar-refractivity contribution is 14.0. The van der Waals surface area contributed by atoms with Crippen molar-refractivity contribution in [3.8, 4) is 0 Å². The lowest BCUT2D eigenvalue weighted by atomic mass is 9.96. The van der Waals surface area contributed by atoms with Crippen LogP contribution in [-0.4, -0.2) is 73.2 Å². The number of benzene rings is 1. The first-order valence-corrected chi connectivity index (χ1v) is 11.6. The fourth-order valence-corrected chi connectivity index (χ4v) is 4.23. The Hall–Kier alpha value is -1.65. The molecule has 1 aromatic carbocycles. The first kappa shape index (κ1) is 25.0. The van der Waals surface area contributed by atoms with E-state index >= 15 is 0 Å². The van der Waals surface area contributed by atoms with Gasteiger partial charge in [-0.25, -0.2) is 9.97 Å². The lowest BCUT2D eigenvalue weighted by Crippen LogP contribution is -2.49. The normalized spacial score (nSPS) is 18.1.